The number of rotatable bonds is 3. The normalized spacial score (nSPS) is 21.2. The summed E-state index contributed by atoms with van der Waals surface area (Å²) >= 11 is 0. The van der Waals surface area contributed by atoms with E-state index in [2.05, 4.69) is 4.98 Å². The Morgan fingerprint density at radius 2 is 2.26 bits per heavy atom. The van der Waals surface area contributed by atoms with Gasteiger partial charge in [0.1, 0.15) is 5.69 Å². The minimum atomic E-state index is -3.01. The topological polar surface area (TPSA) is 93.4 Å². The lowest BCUT2D eigenvalue weighted by atomic mass is 10.2. The van der Waals surface area contributed by atoms with Crippen LogP contribution >= 0.6 is 0 Å². The largest absolute Gasteiger partial charge is 0.397 e. The molecule has 1 aromatic heterocycles. The number of nitrogens with zero attached hydrogens (tertiary/aromatic N) is 2. The first-order valence-corrected chi connectivity index (χ1v) is 7.98. The van der Waals surface area contributed by atoms with Crippen molar-refractivity contribution in [1.29, 1.82) is 0 Å². The fraction of sp³-hybridized carbons (Fsp3) is 0.500. The van der Waals surface area contributed by atoms with Crippen LogP contribution < -0.4 is 5.73 Å². The van der Waals surface area contributed by atoms with Crippen LogP contribution in [0.5, 0.6) is 0 Å². The highest BCUT2D eigenvalue weighted by molar-refractivity contribution is 7.91. The maximum absolute atomic E-state index is 12.3. The van der Waals surface area contributed by atoms with Crippen LogP contribution in [-0.4, -0.2) is 48.3 Å². The number of hydrogen-bond acceptors (Lipinski definition) is 5. The minimum absolute atomic E-state index is 0.0432. The Hall–Kier alpha value is -1.63. The summed E-state index contributed by atoms with van der Waals surface area (Å²) in [6.45, 7) is 2.30. The van der Waals surface area contributed by atoms with E-state index >= 15 is 0 Å². The number of sulfone groups is 1. The summed E-state index contributed by atoms with van der Waals surface area (Å²) in [7, 11) is -3.01. The van der Waals surface area contributed by atoms with E-state index in [4.69, 9.17) is 5.73 Å². The minimum Gasteiger partial charge on any atom is -0.397 e. The van der Waals surface area contributed by atoms with Crippen molar-refractivity contribution in [3.8, 4) is 0 Å². The Labute approximate surface area is 112 Å². The molecular weight excluding hydrogens is 266 g/mol. The van der Waals surface area contributed by atoms with Gasteiger partial charge in [-0.2, -0.15) is 0 Å². The lowest BCUT2D eigenvalue weighted by Gasteiger charge is -2.26. The zero-order chi connectivity index (χ0) is 14.0. The Balaban J connectivity index is 2.18. The fourth-order valence-electron chi connectivity index (χ4n) is 2.27. The molecule has 1 aliphatic rings. The van der Waals surface area contributed by atoms with Crippen molar-refractivity contribution < 1.29 is 13.2 Å². The number of hydrogen-bond donors (Lipinski definition) is 1. The van der Waals surface area contributed by atoms with Crippen LogP contribution in [0.25, 0.3) is 0 Å². The summed E-state index contributed by atoms with van der Waals surface area (Å²) in [6.07, 6.45) is 1.92. The molecule has 0 radical (unpaired) electrons. The number of aromatic nitrogens is 1. The van der Waals surface area contributed by atoms with E-state index < -0.39 is 9.84 Å². The summed E-state index contributed by atoms with van der Waals surface area (Å²) in [4.78, 5) is 17.9. The molecule has 1 amide bonds. The fourth-order valence-corrected chi connectivity index (χ4v) is 4.00. The van der Waals surface area contributed by atoms with Gasteiger partial charge in [-0.05, 0) is 25.5 Å². The molecule has 0 aromatic carbocycles. The Morgan fingerprint density at radius 3 is 2.74 bits per heavy atom. The predicted molar refractivity (Wildman–Crippen MR) is 72.4 cm³/mol. The summed E-state index contributed by atoms with van der Waals surface area (Å²) in [5.74, 6) is -0.0531. The van der Waals surface area contributed by atoms with Crippen LogP contribution in [0.15, 0.2) is 18.3 Å². The summed E-state index contributed by atoms with van der Waals surface area (Å²) in [6, 6.07) is 2.92. The average Bonchev–Trinajstić information content (AvgIpc) is 2.71. The van der Waals surface area contributed by atoms with Crippen LogP contribution in [-0.2, 0) is 9.84 Å². The number of anilines is 1. The van der Waals surface area contributed by atoms with E-state index in [1.54, 1.807) is 17.0 Å². The van der Waals surface area contributed by atoms with E-state index in [9.17, 15) is 13.2 Å². The summed E-state index contributed by atoms with van der Waals surface area (Å²) < 4.78 is 23.0. The van der Waals surface area contributed by atoms with Crippen molar-refractivity contribution in [2.45, 2.75) is 19.4 Å². The van der Waals surface area contributed by atoms with Crippen LogP contribution in [0.4, 0.5) is 5.69 Å². The van der Waals surface area contributed by atoms with Gasteiger partial charge >= 0.3 is 0 Å². The third-order valence-corrected chi connectivity index (χ3v) is 5.01. The highest BCUT2D eigenvalue weighted by atomic mass is 32.2. The number of carbonyl (C=O) groups is 1. The Kier molecular flexibility index (Phi) is 3.75. The molecule has 0 aliphatic carbocycles. The summed E-state index contributed by atoms with van der Waals surface area (Å²) in [5.41, 5.74) is 6.31. The van der Waals surface area contributed by atoms with Gasteiger partial charge in [0.2, 0.25) is 0 Å². The van der Waals surface area contributed by atoms with Gasteiger partial charge in [0.15, 0.2) is 9.84 Å². The van der Waals surface area contributed by atoms with Crippen molar-refractivity contribution in [3.05, 3.63) is 24.0 Å². The lowest BCUT2D eigenvalue weighted by molar-refractivity contribution is 0.0702. The second-order valence-corrected chi connectivity index (χ2v) is 6.85. The van der Waals surface area contributed by atoms with Gasteiger partial charge in [-0.25, -0.2) is 13.4 Å². The van der Waals surface area contributed by atoms with E-state index in [1.165, 1.54) is 6.20 Å². The zero-order valence-electron chi connectivity index (χ0n) is 10.7. The van der Waals surface area contributed by atoms with Crippen molar-refractivity contribution in [2.75, 3.05) is 23.8 Å². The molecular formula is C12H17N3O3S. The smallest absolute Gasteiger partial charge is 0.272 e. The van der Waals surface area contributed by atoms with Gasteiger partial charge in [0, 0.05) is 12.6 Å². The molecule has 2 heterocycles. The molecule has 7 heteroatoms. The zero-order valence-corrected chi connectivity index (χ0v) is 11.6. The van der Waals surface area contributed by atoms with Crippen molar-refractivity contribution in [3.63, 3.8) is 0 Å². The Morgan fingerprint density at radius 1 is 1.53 bits per heavy atom. The number of nitrogen functional groups attached to an aromatic ring is 1. The van der Waals surface area contributed by atoms with E-state index in [-0.39, 0.29) is 23.5 Å². The molecule has 1 unspecified atom stereocenters. The monoisotopic (exact) mass is 283 g/mol. The average molecular weight is 283 g/mol. The lowest BCUT2D eigenvalue weighted by Crippen LogP contribution is -2.41. The number of carbonyl (C=O) groups excluding carboxylic acids is 1. The molecule has 0 saturated carbocycles. The molecule has 1 saturated heterocycles. The van der Waals surface area contributed by atoms with Crippen LogP contribution in [0.3, 0.4) is 0 Å². The van der Waals surface area contributed by atoms with Gasteiger partial charge in [0.25, 0.3) is 5.91 Å². The molecule has 6 nitrogen and oxygen atoms in total. The maximum Gasteiger partial charge on any atom is 0.272 e. The van der Waals surface area contributed by atoms with E-state index in [0.717, 1.165) is 0 Å². The first-order valence-electron chi connectivity index (χ1n) is 6.16. The second-order valence-electron chi connectivity index (χ2n) is 4.62. The number of nitrogens with two attached hydrogens (primary N) is 1. The first kappa shape index (κ1) is 13.8. The second kappa shape index (κ2) is 5.16. The van der Waals surface area contributed by atoms with Crippen LogP contribution in [0.1, 0.15) is 23.8 Å². The summed E-state index contributed by atoms with van der Waals surface area (Å²) in [5, 5.41) is 0. The Bertz CT molecular complexity index is 568. The number of pyridine rings is 1. The molecule has 1 fully saturated rings. The molecule has 19 heavy (non-hydrogen) atoms. The molecule has 0 spiro atoms. The molecule has 0 bridgehead atoms. The maximum atomic E-state index is 12.3. The SMILES string of the molecule is CCN(C(=O)c1ccc(N)cn1)C1CCS(=O)(=O)C1. The van der Waals surface area contributed by atoms with Crippen LogP contribution in [0, 0.1) is 0 Å². The quantitative estimate of drug-likeness (QED) is 0.862. The standard InChI is InChI=1S/C12H17N3O3S/c1-2-15(10-5-6-19(17,18)8-10)12(16)11-4-3-9(13)7-14-11/h3-4,7,10H,2,5-6,8,13H2,1H3. The molecule has 2 N–H and O–H groups in total. The predicted octanol–water partition coefficient (Wildman–Crippen LogP) is 0.313. The van der Waals surface area contributed by atoms with Crippen molar-refractivity contribution in [1.82, 2.24) is 9.88 Å². The van der Waals surface area contributed by atoms with Gasteiger partial charge in [0.05, 0.1) is 23.4 Å². The third kappa shape index (κ3) is 3.04. The van der Waals surface area contributed by atoms with Gasteiger partial charge in [-0.1, -0.05) is 0 Å². The highest BCUT2D eigenvalue weighted by Gasteiger charge is 2.34. The molecule has 1 aromatic rings. The highest BCUT2D eigenvalue weighted by Crippen LogP contribution is 2.19. The number of amides is 1. The van der Waals surface area contributed by atoms with Gasteiger partial charge < -0.3 is 10.6 Å². The molecule has 1 aliphatic heterocycles. The third-order valence-electron chi connectivity index (χ3n) is 3.26. The molecule has 104 valence electrons. The van der Waals surface area contributed by atoms with E-state index in [1.807, 2.05) is 6.92 Å². The van der Waals surface area contributed by atoms with Gasteiger partial charge in [-0.15, -0.1) is 0 Å². The van der Waals surface area contributed by atoms with E-state index in [0.29, 0.717) is 24.3 Å². The molecule has 2 rings (SSSR count). The van der Waals surface area contributed by atoms with Crippen LogP contribution in [0.2, 0.25) is 0 Å². The van der Waals surface area contributed by atoms with Gasteiger partial charge in [-0.3, -0.25) is 4.79 Å². The molecule has 1 atom stereocenters. The van der Waals surface area contributed by atoms with Crippen molar-refractivity contribution >= 4 is 21.4 Å². The first-order chi connectivity index (χ1) is 8.93. The van der Waals surface area contributed by atoms with Crippen molar-refractivity contribution in [2.24, 2.45) is 0 Å².